The van der Waals surface area contributed by atoms with Crippen LogP contribution >= 0.6 is 0 Å². The Morgan fingerprint density at radius 3 is 2.05 bits per heavy atom. The van der Waals surface area contributed by atoms with Gasteiger partial charge in [-0.05, 0) is 34.9 Å². The number of hydrogen-bond acceptors (Lipinski definition) is 3. The minimum absolute atomic E-state index is 0.285. The molecule has 2 aromatic carbocycles. The number of carboxylic acids is 1. The van der Waals surface area contributed by atoms with Gasteiger partial charge in [-0.1, -0.05) is 36.4 Å². The Bertz CT molecular complexity index is 707. The molecule has 104 valence electrons. The average molecular weight is 279 g/mol. The van der Waals surface area contributed by atoms with Crippen LogP contribution in [-0.4, -0.2) is 18.2 Å². The number of nitriles is 1. The number of benzene rings is 2. The fraction of sp³-hybridized carbons (Fsp3) is 0.0588. The fourth-order valence-electron chi connectivity index (χ4n) is 1.86. The van der Waals surface area contributed by atoms with Gasteiger partial charge in [-0.3, -0.25) is 0 Å². The molecule has 0 amide bonds. The molecule has 1 N–H and O–H groups in total. The molecule has 0 spiro atoms. The Morgan fingerprint density at radius 2 is 1.62 bits per heavy atom. The van der Waals surface area contributed by atoms with Crippen LogP contribution in [-0.2, 0) is 4.79 Å². The molecule has 0 radical (unpaired) electrons. The minimum Gasteiger partial charge on any atom is -0.497 e. The Kier molecular flexibility index (Phi) is 4.37. The van der Waals surface area contributed by atoms with E-state index in [9.17, 15) is 4.79 Å². The molecule has 0 saturated carbocycles. The molecule has 0 atom stereocenters. The van der Waals surface area contributed by atoms with Crippen LogP contribution in [0.3, 0.4) is 0 Å². The summed E-state index contributed by atoms with van der Waals surface area (Å²) >= 11 is 0. The standard InChI is InChI=1S/C17H13NO3/c1-21-16-8-6-14(7-9-16)13-4-2-12(3-5-13)10-15(11-18)17(19)20/h2-10H,1H3,(H,19,20). The largest absolute Gasteiger partial charge is 0.497 e. The molecule has 0 aliphatic heterocycles. The summed E-state index contributed by atoms with van der Waals surface area (Å²) in [6, 6.07) is 16.6. The number of carbonyl (C=O) groups is 1. The van der Waals surface area contributed by atoms with Crippen LogP contribution in [0.2, 0.25) is 0 Å². The normalized spacial score (nSPS) is 10.8. The van der Waals surface area contributed by atoms with Crippen molar-refractivity contribution in [3.05, 3.63) is 59.7 Å². The van der Waals surface area contributed by atoms with E-state index in [1.54, 1.807) is 25.3 Å². The van der Waals surface area contributed by atoms with E-state index in [-0.39, 0.29) is 5.57 Å². The molecule has 0 saturated heterocycles. The van der Waals surface area contributed by atoms with E-state index in [0.717, 1.165) is 16.9 Å². The number of nitrogens with zero attached hydrogens (tertiary/aromatic N) is 1. The summed E-state index contributed by atoms with van der Waals surface area (Å²) in [7, 11) is 1.62. The van der Waals surface area contributed by atoms with Crippen molar-refractivity contribution in [1.29, 1.82) is 5.26 Å². The van der Waals surface area contributed by atoms with E-state index in [4.69, 9.17) is 15.1 Å². The number of rotatable bonds is 4. The predicted octanol–water partition coefficient (Wildman–Crippen LogP) is 3.35. The van der Waals surface area contributed by atoms with Gasteiger partial charge in [-0.25, -0.2) is 4.79 Å². The van der Waals surface area contributed by atoms with Crippen molar-refractivity contribution < 1.29 is 14.6 Å². The van der Waals surface area contributed by atoms with Gasteiger partial charge < -0.3 is 9.84 Å². The second kappa shape index (κ2) is 6.40. The van der Waals surface area contributed by atoms with E-state index >= 15 is 0 Å². The number of aliphatic carboxylic acids is 1. The first-order valence-corrected chi connectivity index (χ1v) is 6.23. The van der Waals surface area contributed by atoms with Crippen LogP contribution in [0.1, 0.15) is 5.56 Å². The molecule has 4 nitrogen and oxygen atoms in total. The average Bonchev–Trinajstić information content (AvgIpc) is 2.53. The van der Waals surface area contributed by atoms with Gasteiger partial charge in [0.2, 0.25) is 0 Å². The lowest BCUT2D eigenvalue weighted by atomic mass is 10.0. The first-order chi connectivity index (χ1) is 10.1. The smallest absolute Gasteiger partial charge is 0.346 e. The molecule has 4 heteroatoms. The minimum atomic E-state index is -1.23. The van der Waals surface area contributed by atoms with E-state index < -0.39 is 5.97 Å². The zero-order chi connectivity index (χ0) is 15.2. The summed E-state index contributed by atoms with van der Waals surface area (Å²) in [5.41, 5.74) is 2.42. The first kappa shape index (κ1) is 14.4. The second-order valence-corrected chi connectivity index (χ2v) is 4.33. The van der Waals surface area contributed by atoms with Gasteiger partial charge in [0.1, 0.15) is 17.4 Å². The lowest BCUT2D eigenvalue weighted by Gasteiger charge is -2.04. The molecule has 2 aromatic rings. The van der Waals surface area contributed by atoms with Gasteiger partial charge in [0, 0.05) is 0 Å². The quantitative estimate of drug-likeness (QED) is 0.688. The summed E-state index contributed by atoms with van der Waals surface area (Å²) in [4.78, 5) is 10.8. The van der Waals surface area contributed by atoms with Gasteiger partial charge in [0.15, 0.2) is 0 Å². The van der Waals surface area contributed by atoms with Crippen molar-refractivity contribution in [2.24, 2.45) is 0 Å². The lowest BCUT2D eigenvalue weighted by molar-refractivity contribution is -0.132. The van der Waals surface area contributed by atoms with Crippen LogP contribution in [0.25, 0.3) is 17.2 Å². The summed E-state index contributed by atoms with van der Waals surface area (Å²) in [6.45, 7) is 0. The fourth-order valence-corrected chi connectivity index (χ4v) is 1.86. The number of hydrogen-bond donors (Lipinski definition) is 1. The molecule has 2 rings (SSSR count). The van der Waals surface area contributed by atoms with Crippen LogP contribution in [0.4, 0.5) is 0 Å². The van der Waals surface area contributed by atoms with E-state index in [1.165, 1.54) is 6.08 Å². The number of methoxy groups -OCH3 is 1. The van der Waals surface area contributed by atoms with E-state index in [2.05, 4.69) is 0 Å². The van der Waals surface area contributed by atoms with E-state index in [1.807, 2.05) is 36.4 Å². The molecular formula is C17H13NO3. The van der Waals surface area contributed by atoms with Crippen molar-refractivity contribution in [1.82, 2.24) is 0 Å². The molecule has 0 unspecified atom stereocenters. The molecule has 0 aliphatic rings. The lowest BCUT2D eigenvalue weighted by Crippen LogP contribution is -1.97. The third-order valence-corrected chi connectivity index (χ3v) is 3.00. The van der Waals surface area contributed by atoms with Crippen molar-refractivity contribution >= 4 is 12.0 Å². The van der Waals surface area contributed by atoms with Crippen LogP contribution in [0.5, 0.6) is 5.75 Å². The Hall–Kier alpha value is -3.06. The van der Waals surface area contributed by atoms with Gasteiger partial charge in [-0.2, -0.15) is 5.26 Å². The summed E-state index contributed by atoms with van der Waals surface area (Å²) in [5.74, 6) is -0.435. The van der Waals surface area contributed by atoms with Crippen molar-refractivity contribution in [3.8, 4) is 22.9 Å². The summed E-state index contributed by atoms with van der Waals surface area (Å²) in [6.07, 6.45) is 1.35. The Morgan fingerprint density at radius 1 is 1.10 bits per heavy atom. The third-order valence-electron chi connectivity index (χ3n) is 3.00. The second-order valence-electron chi connectivity index (χ2n) is 4.33. The Balaban J connectivity index is 2.26. The molecule has 0 aromatic heterocycles. The SMILES string of the molecule is COc1ccc(-c2ccc(C=C(C#N)C(=O)O)cc2)cc1. The van der Waals surface area contributed by atoms with Gasteiger partial charge in [0.05, 0.1) is 7.11 Å². The molecule has 0 aliphatic carbocycles. The molecule has 0 fully saturated rings. The molecule has 0 bridgehead atoms. The zero-order valence-corrected chi connectivity index (χ0v) is 11.4. The number of ether oxygens (including phenoxy) is 1. The van der Waals surface area contributed by atoms with E-state index in [0.29, 0.717) is 5.56 Å². The highest BCUT2D eigenvalue weighted by Crippen LogP contribution is 2.23. The van der Waals surface area contributed by atoms with Crippen LogP contribution < -0.4 is 4.74 Å². The summed E-state index contributed by atoms with van der Waals surface area (Å²) < 4.78 is 5.11. The highest BCUT2D eigenvalue weighted by Gasteiger charge is 2.05. The maximum atomic E-state index is 10.8. The van der Waals surface area contributed by atoms with Crippen molar-refractivity contribution in [3.63, 3.8) is 0 Å². The van der Waals surface area contributed by atoms with Gasteiger partial charge >= 0.3 is 5.97 Å². The van der Waals surface area contributed by atoms with Gasteiger partial charge in [0.25, 0.3) is 0 Å². The summed E-state index contributed by atoms with van der Waals surface area (Å²) in [5, 5.41) is 17.5. The maximum Gasteiger partial charge on any atom is 0.346 e. The van der Waals surface area contributed by atoms with Gasteiger partial charge in [-0.15, -0.1) is 0 Å². The number of carboxylic acid groups (broad SMARTS) is 1. The first-order valence-electron chi connectivity index (χ1n) is 6.23. The third kappa shape index (κ3) is 3.48. The molecule has 21 heavy (non-hydrogen) atoms. The Labute approximate surface area is 122 Å². The monoisotopic (exact) mass is 279 g/mol. The van der Waals surface area contributed by atoms with Crippen LogP contribution in [0.15, 0.2) is 54.1 Å². The van der Waals surface area contributed by atoms with Crippen molar-refractivity contribution in [2.45, 2.75) is 0 Å². The highest BCUT2D eigenvalue weighted by molar-refractivity contribution is 5.96. The molecular weight excluding hydrogens is 266 g/mol. The predicted molar refractivity (Wildman–Crippen MR) is 79.7 cm³/mol. The highest BCUT2D eigenvalue weighted by atomic mass is 16.5. The topological polar surface area (TPSA) is 70.3 Å². The maximum absolute atomic E-state index is 10.8. The van der Waals surface area contributed by atoms with Crippen molar-refractivity contribution in [2.75, 3.05) is 7.11 Å². The zero-order valence-electron chi connectivity index (χ0n) is 11.4. The van der Waals surface area contributed by atoms with Crippen LogP contribution in [0, 0.1) is 11.3 Å². The molecule has 0 heterocycles.